The van der Waals surface area contributed by atoms with Crippen LogP contribution >= 0.6 is 0 Å². The number of nitrogens with one attached hydrogen (secondary N) is 1. The monoisotopic (exact) mass is 420 g/mol. The molecule has 0 radical (unpaired) electrons. The Morgan fingerprint density at radius 1 is 1.03 bits per heavy atom. The fourth-order valence-electron chi connectivity index (χ4n) is 2.84. The van der Waals surface area contributed by atoms with Gasteiger partial charge in [-0.1, -0.05) is 36.4 Å². The summed E-state index contributed by atoms with van der Waals surface area (Å²) in [5.41, 5.74) is 1.42. The minimum Gasteiger partial charge on any atom is -0.490 e. The van der Waals surface area contributed by atoms with Crippen molar-refractivity contribution in [2.24, 2.45) is 0 Å². The van der Waals surface area contributed by atoms with E-state index in [0.29, 0.717) is 30.3 Å². The molecule has 1 amide bonds. The minimum absolute atomic E-state index is 0.228. The third kappa shape index (κ3) is 6.20. The van der Waals surface area contributed by atoms with Crippen molar-refractivity contribution in [1.82, 2.24) is 9.62 Å². The van der Waals surface area contributed by atoms with Gasteiger partial charge in [0.05, 0.1) is 19.5 Å². The van der Waals surface area contributed by atoms with Crippen LogP contribution in [-0.4, -0.2) is 45.1 Å². The largest absolute Gasteiger partial charge is 0.490 e. The van der Waals surface area contributed by atoms with Crippen molar-refractivity contribution >= 4 is 15.9 Å². The lowest BCUT2D eigenvalue weighted by molar-refractivity contribution is -0.125. The molecule has 0 fully saturated rings. The normalized spacial score (nSPS) is 12.4. The highest BCUT2D eigenvalue weighted by atomic mass is 32.2. The molecule has 0 saturated heterocycles. The van der Waals surface area contributed by atoms with Gasteiger partial charge in [0, 0.05) is 13.6 Å². The standard InChI is InChI=1S/C21H28N2O5S/c1-5-27-18-13-12-16(14-19(18)28-6-2)15-22-21(24)20(23(3)29(4,25)26)17-10-8-7-9-11-17/h7-14,20H,5-6,15H2,1-4H3,(H,22,24)/t20-/m1/s1. The van der Waals surface area contributed by atoms with Gasteiger partial charge in [0.2, 0.25) is 15.9 Å². The molecule has 0 aliphatic heterocycles. The molecule has 8 heteroatoms. The lowest BCUT2D eigenvalue weighted by atomic mass is 10.1. The number of amides is 1. The van der Waals surface area contributed by atoms with Crippen LogP contribution in [0.1, 0.15) is 31.0 Å². The zero-order chi connectivity index (χ0) is 21.4. The average molecular weight is 421 g/mol. The van der Waals surface area contributed by atoms with E-state index in [1.807, 2.05) is 32.0 Å². The van der Waals surface area contributed by atoms with Crippen LogP contribution in [0.25, 0.3) is 0 Å². The van der Waals surface area contributed by atoms with E-state index in [0.717, 1.165) is 16.1 Å². The van der Waals surface area contributed by atoms with Gasteiger partial charge in [-0.3, -0.25) is 4.79 Å². The van der Waals surface area contributed by atoms with Gasteiger partial charge in [0.1, 0.15) is 6.04 Å². The maximum absolute atomic E-state index is 12.9. The first-order valence-electron chi connectivity index (χ1n) is 9.42. The minimum atomic E-state index is -3.57. The molecule has 0 saturated carbocycles. The van der Waals surface area contributed by atoms with Crippen LogP contribution in [-0.2, 0) is 21.4 Å². The van der Waals surface area contributed by atoms with Gasteiger partial charge in [0.25, 0.3) is 0 Å². The number of rotatable bonds is 10. The molecule has 2 aromatic carbocycles. The summed E-state index contributed by atoms with van der Waals surface area (Å²) in [7, 11) is -2.17. The summed E-state index contributed by atoms with van der Waals surface area (Å²) in [6.45, 7) is 5.02. The maximum Gasteiger partial charge on any atom is 0.243 e. The first-order valence-corrected chi connectivity index (χ1v) is 11.3. The van der Waals surface area contributed by atoms with Gasteiger partial charge in [-0.2, -0.15) is 4.31 Å². The number of benzene rings is 2. The molecule has 2 aromatic rings. The molecule has 0 aliphatic carbocycles. The number of hydrogen-bond donors (Lipinski definition) is 1. The molecule has 0 spiro atoms. The third-order valence-electron chi connectivity index (χ3n) is 4.32. The second-order valence-electron chi connectivity index (χ2n) is 6.46. The number of carbonyl (C=O) groups is 1. The molecule has 0 heterocycles. The lowest BCUT2D eigenvalue weighted by Gasteiger charge is -2.25. The highest BCUT2D eigenvalue weighted by Gasteiger charge is 2.30. The van der Waals surface area contributed by atoms with Gasteiger partial charge < -0.3 is 14.8 Å². The lowest BCUT2D eigenvalue weighted by Crippen LogP contribution is -2.41. The van der Waals surface area contributed by atoms with Gasteiger partial charge in [-0.05, 0) is 37.1 Å². The highest BCUT2D eigenvalue weighted by Crippen LogP contribution is 2.29. The maximum atomic E-state index is 12.9. The van der Waals surface area contributed by atoms with Crippen LogP contribution in [0.15, 0.2) is 48.5 Å². The third-order valence-corrected chi connectivity index (χ3v) is 5.58. The quantitative estimate of drug-likeness (QED) is 0.639. The Kier molecular flexibility index (Phi) is 8.04. The number of carbonyl (C=O) groups excluding carboxylic acids is 1. The second kappa shape index (κ2) is 10.3. The fraction of sp³-hybridized carbons (Fsp3) is 0.381. The molecule has 0 bridgehead atoms. The van der Waals surface area contributed by atoms with E-state index in [4.69, 9.17) is 9.47 Å². The van der Waals surface area contributed by atoms with E-state index in [1.165, 1.54) is 7.05 Å². The molecule has 0 unspecified atom stereocenters. The molecular weight excluding hydrogens is 392 g/mol. The number of nitrogens with zero attached hydrogens (tertiary/aromatic N) is 1. The number of sulfonamides is 1. The van der Waals surface area contributed by atoms with Crippen molar-refractivity contribution in [3.8, 4) is 11.5 Å². The summed E-state index contributed by atoms with van der Waals surface area (Å²) in [5.74, 6) is 0.841. The Morgan fingerprint density at radius 3 is 2.24 bits per heavy atom. The fourth-order valence-corrected chi connectivity index (χ4v) is 3.44. The van der Waals surface area contributed by atoms with Crippen LogP contribution in [0.5, 0.6) is 11.5 Å². The Balaban J connectivity index is 2.21. The summed E-state index contributed by atoms with van der Waals surface area (Å²) < 4.78 is 36.3. The van der Waals surface area contributed by atoms with Gasteiger partial charge in [-0.15, -0.1) is 0 Å². The molecule has 1 N–H and O–H groups in total. The van der Waals surface area contributed by atoms with Crippen molar-refractivity contribution in [2.45, 2.75) is 26.4 Å². The first kappa shape index (κ1) is 22.7. The van der Waals surface area contributed by atoms with Crippen LogP contribution < -0.4 is 14.8 Å². The van der Waals surface area contributed by atoms with E-state index in [1.54, 1.807) is 30.3 Å². The molecule has 0 aliphatic rings. The van der Waals surface area contributed by atoms with Gasteiger partial charge in [0.15, 0.2) is 11.5 Å². The SMILES string of the molecule is CCOc1ccc(CNC(=O)[C@@H](c2ccccc2)N(C)S(C)(=O)=O)cc1OCC. The highest BCUT2D eigenvalue weighted by molar-refractivity contribution is 7.88. The van der Waals surface area contributed by atoms with Gasteiger partial charge in [-0.25, -0.2) is 8.42 Å². The summed E-state index contributed by atoms with van der Waals surface area (Å²) in [6, 6.07) is 13.3. The Hall–Kier alpha value is -2.58. The van der Waals surface area contributed by atoms with E-state index in [9.17, 15) is 13.2 Å². The topological polar surface area (TPSA) is 84.9 Å². The molecular formula is C21H28N2O5S. The number of ether oxygens (including phenoxy) is 2. The van der Waals surface area contributed by atoms with E-state index >= 15 is 0 Å². The van der Waals surface area contributed by atoms with E-state index < -0.39 is 22.0 Å². The summed E-state index contributed by atoms with van der Waals surface area (Å²) in [5, 5.41) is 2.83. The Labute approximate surface area is 172 Å². The van der Waals surface area contributed by atoms with Crippen LogP contribution in [0.2, 0.25) is 0 Å². The summed E-state index contributed by atoms with van der Waals surface area (Å²) >= 11 is 0. The zero-order valence-corrected chi connectivity index (χ0v) is 18.0. The molecule has 1 atom stereocenters. The molecule has 0 aromatic heterocycles. The van der Waals surface area contributed by atoms with Crippen LogP contribution in [0, 0.1) is 0 Å². The average Bonchev–Trinajstić information content (AvgIpc) is 2.68. The van der Waals surface area contributed by atoms with Crippen molar-refractivity contribution in [3.63, 3.8) is 0 Å². The number of likely N-dealkylation sites (N-methyl/N-ethyl adjacent to an activating group) is 1. The van der Waals surface area contributed by atoms with Crippen LogP contribution in [0.3, 0.4) is 0 Å². The second-order valence-corrected chi connectivity index (χ2v) is 8.50. The summed E-state index contributed by atoms with van der Waals surface area (Å²) in [4.78, 5) is 12.9. The Morgan fingerprint density at radius 2 is 1.66 bits per heavy atom. The zero-order valence-electron chi connectivity index (χ0n) is 17.2. The predicted octanol–water partition coefficient (Wildman–Crippen LogP) is 2.73. The number of hydrogen-bond acceptors (Lipinski definition) is 5. The van der Waals surface area contributed by atoms with E-state index in [-0.39, 0.29) is 6.54 Å². The van der Waals surface area contributed by atoms with E-state index in [2.05, 4.69) is 5.32 Å². The Bertz CT molecular complexity index is 916. The summed E-state index contributed by atoms with van der Waals surface area (Å²) in [6.07, 6.45) is 1.08. The molecule has 2 rings (SSSR count). The molecule has 158 valence electrons. The van der Waals surface area contributed by atoms with Crippen molar-refractivity contribution in [3.05, 3.63) is 59.7 Å². The van der Waals surface area contributed by atoms with Crippen molar-refractivity contribution in [1.29, 1.82) is 0 Å². The van der Waals surface area contributed by atoms with Gasteiger partial charge >= 0.3 is 0 Å². The van der Waals surface area contributed by atoms with Crippen LogP contribution in [0.4, 0.5) is 0 Å². The van der Waals surface area contributed by atoms with Crippen molar-refractivity contribution in [2.75, 3.05) is 26.5 Å². The molecule has 7 nitrogen and oxygen atoms in total. The first-order chi connectivity index (χ1) is 13.8. The smallest absolute Gasteiger partial charge is 0.243 e. The predicted molar refractivity (Wildman–Crippen MR) is 112 cm³/mol. The van der Waals surface area contributed by atoms with Crippen molar-refractivity contribution < 1.29 is 22.7 Å². The molecule has 29 heavy (non-hydrogen) atoms.